The molecule has 1 saturated carbocycles. The Balaban J connectivity index is 1.96. The lowest BCUT2D eigenvalue weighted by Crippen LogP contribution is -2.42. The summed E-state index contributed by atoms with van der Waals surface area (Å²) in [5.74, 6) is 1.38. The van der Waals surface area contributed by atoms with Crippen molar-refractivity contribution in [2.24, 2.45) is 11.8 Å². The number of hydrogen-bond donors (Lipinski definition) is 1. The highest BCUT2D eigenvalue weighted by Gasteiger charge is 2.32. The zero-order valence-corrected chi connectivity index (χ0v) is 17.9. The van der Waals surface area contributed by atoms with Gasteiger partial charge in [-0.15, -0.1) is 11.3 Å². The largest absolute Gasteiger partial charge is 0.383 e. The van der Waals surface area contributed by atoms with Crippen LogP contribution in [0, 0.1) is 18.8 Å². The summed E-state index contributed by atoms with van der Waals surface area (Å²) in [6.45, 7) is 8.17. The molecule has 0 bridgehead atoms. The van der Waals surface area contributed by atoms with Crippen LogP contribution in [0.25, 0.3) is 10.4 Å². The first-order chi connectivity index (χ1) is 13.3. The van der Waals surface area contributed by atoms with Crippen LogP contribution in [0.4, 0.5) is 11.5 Å². The van der Waals surface area contributed by atoms with Gasteiger partial charge in [0, 0.05) is 28.6 Å². The van der Waals surface area contributed by atoms with Gasteiger partial charge in [0.25, 0.3) is 0 Å². The van der Waals surface area contributed by atoms with E-state index >= 15 is 0 Å². The highest BCUT2D eigenvalue weighted by atomic mass is 32.1. The zero-order valence-electron chi connectivity index (χ0n) is 17.1. The van der Waals surface area contributed by atoms with Gasteiger partial charge in [-0.1, -0.05) is 6.92 Å². The third kappa shape index (κ3) is 4.12. The molecule has 0 aliphatic heterocycles. The van der Waals surface area contributed by atoms with E-state index in [0.29, 0.717) is 22.3 Å². The number of aromatic nitrogens is 1. The summed E-state index contributed by atoms with van der Waals surface area (Å²) in [7, 11) is 0. The Morgan fingerprint density at radius 2 is 1.96 bits per heavy atom. The number of nitrogens with zero attached hydrogens (tertiary/aromatic N) is 2. The molecule has 3 rings (SSSR count). The van der Waals surface area contributed by atoms with Crippen molar-refractivity contribution in [1.29, 1.82) is 0 Å². The fourth-order valence-corrected chi connectivity index (χ4v) is 4.83. The van der Waals surface area contributed by atoms with Crippen LogP contribution in [-0.2, 0) is 4.79 Å². The van der Waals surface area contributed by atoms with Crippen molar-refractivity contribution in [3.63, 3.8) is 0 Å². The Kier molecular flexibility index (Phi) is 6.18. The second kappa shape index (κ2) is 8.43. The van der Waals surface area contributed by atoms with E-state index in [4.69, 9.17) is 5.73 Å². The van der Waals surface area contributed by atoms with Crippen LogP contribution in [-0.4, -0.2) is 23.2 Å². The summed E-state index contributed by atoms with van der Waals surface area (Å²) in [5.41, 5.74) is 8.35. The Labute approximate surface area is 171 Å². The molecule has 0 aromatic carbocycles. The van der Waals surface area contributed by atoms with Gasteiger partial charge in [0.05, 0.1) is 10.6 Å². The van der Waals surface area contributed by atoms with Gasteiger partial charge in [0.2, 0.25) is 5.91 Å². The van der Waals surface area contributed by atoms with Crippen molar-refractivity contribution in [2.45, 2.75) is 59.4 Å². The molecule has 1 amide bonds. The Bertz CT molecular complexity index is 867. The first kappa shape index (κ1) is 20.5. The molecule has 0 unspecified atom stereocenters. The maximum atomic E-state index is 13.3. The molecule has 6 heteroatoms. The van der Waals surface area contributed by atoms with E-state index in [-0.39, 0.29) is 17.9 Å². The van der Waals surface area contributed by atoms with Crippen LogP contribution in [0.1, 0.15) is 61.7 Å². The highest BCUT2D eigenvalue weighted by Crippen LogP contribution is 2.39. The number of aldehydes is 1. The van der Waals surface area contributed by atoms with E-state index in [1.807, 2.05) is 37.8 Å². The van der Waals surface area contributed by atoms with Crippen molar-refractivity contribution in [3.05, 3.63) is 28.8 Å². The minimum absolute atomic E-state index is 0.0146. The summed E-state index contributed by atoms with van der Waals surface area (Å²) >= 11 is 1.39. The predicted octanol–water partition coefficient (Wildman–Crippen LogP) is 5.08. The minimum atomic E-state index is -0.0146. The van der Waals surface area contributed by atoms with Crippen LogP contribution in [0.3, 0.4) is 0 Å². The topological polar surface area (TPSA) is 76.3 Å². The first-order valence-electron chi connectivity index (χ1n) is 9.96. The molecule has 5 nitrogen and oxygen atoms in total. The van der Waals surface area contributed by atoms with Crippen LogP contribution < -0.4 is 10.6 Å². The lowest BCUT2D eigenvalue weighted by Gasteiger charge is -2.33. The van der Waals surface area contributed by atoms with Crippen LogP contribution in [0.15, 0.2) is 18.3 Å². The van der Waals surface area contributed by atoms with Crippen LogP contribution >= 0.6 is 11.3 Å². The van der Waals surface area contributed by atoms with Crippen molar-refractivity contribution >= 4 is 35.0 Å². The number of rotatable bonds is 5. The SMILES string of the molecule is Cc1cc(-c2cc(N(C(=O)[C@H]3CC[C@H](C)CC3)C(C)C)c(C=O)s2)cnc1N. The molecule has 0 radical (unpaired) electrons. The van der Waals surface area contributed by atoms with Crippen molar-refractivity contribution < 1.29 is 9.59 Å². The van der Waals surface area contributed by atoms with Gasteiger partial charge >= 0.3 is 0 Å². The standard InChI is InChI=1S/C22H29N3O2S/c1-13(2)25(22(27)16-7-5-14(3)6-8-16)18-10-19(28-20(18)12-26)17-9-15(4)21(23)24-11-17/h9-14,16H,5-8H2,1-4H3,(H2,23,24)/t14-,16-. The molecule has 150 valence electrons. The maximum Gasteiger partial charge on any atom is 0.230 e. The number of thiophene rings is 1. The van der Waals surface area contributed by atoms with Crippen LogP contribution in [0.5, 0.6) is 0 Å². The molecule has 0 saturated heterocycles. The number of amides is 1. The number of nitrogens with two attached hydrogens (primary N) is 1. The lowest BCUT2D eigenvalue weighted by atomic mass is 9.82. The average molecular weight is 400 g/mol. The van der Waals surface area contributed by atoms with Crippen molar-refractivity contribution in [1.82, 2.24) is 4.98 Å². The van der Waals surface area contributed by atoms with Gasteiger partial charge in [-0.05, 0) is 70.1 Å². The third-order valence-corrected chi connectivity index (χ3v) is 6.73. The Hall–Kier alpha value is -2.21. The second-order valence-electron chi connectivity index (χ2n) is 8.16. The van der Waals surface area contributed by atoms with Crippen LogP contribution in [0.2, 0.25) is 0 Å². The summed E-state index contributed by atoms with van der Waals surface area (Å²) < 4.78 is 0. The highest BCUT2D eigenvalue weighted by molar-refractivity contribution is 7.17. The minimum Gasteiger partial charge on any atom is -0.383 e. The quantitative estimate of drug-likeness (QED) is 0.711. The summed E-state index contributed by atoms with van der Waals surface area (Å²) in [6.07, 6.45) is 6.61. The second-order valence-corrected chi connectivity index (χ2v) is 9.25. The lowest BCUT2D eigenvalue weighted by molar-refractivity contribution is -0.123. The third-order valence-electron chi connectivity index (χ3n) is 5.63. The smallest absolute Gasteiger partial charge is 0.230 e. The van der Waals surface area contributed by atoms with Gasteiger partial charge in [0.1, 0.15) is 5.82 Å². The molecule has 0 atom stereocenters. The average Bonchev–Trinajstić information content (AvgIpc) is 3.08. The van der Waals surface area contributed by atoms with E-state index in [0.717, 1.165) is 48.0 Å². The first-order valence-corrected chi connectivity index (χ1v) is 10.8. The molecule has 1 fully saturated rings. The van der Waals surface area contributed by atoms with Gasteiger partial charge in [0.15, 0.2) is 6.29 Å². The number of hydrogen-bond acceptors (Lipinski definition) is 5. The molecular weight excluding hydrogens is 370 g/mol. The number of carbonyl (C=O) groups is 2. The van der Waals surface area contributed by atoms with E-state index in [2.05, 4.69) is 11.9 Å². The summed E-state index contributed by atoms with van der Waals surface area (Å²) in [4.78, 5) is 32.7. The van der Waals surface area contributed by atoms with Gasteiger partial charge in [-0.2, -0.15) is 0 Å². The molecule has 0 spiro atoms. The molecule has 2 heterocycles. The molecule has 2 N–H and O–H groups in total. The van der Waals surface area contributed by atoms with Gasteiger partial charge < -0.3 is 10.6 Å². The summed E-state index contributed by atoms with van der Waals surface area (Å²) in [6, 6.07) is 3.90. The molecule has 2 aromatic rings. The molecule has 1 aliphatic rings. The van der Waals surface area contributed by atoms with Crippen molar-refractivity contribution in [3.8, 4) is 10.4 Å². The van der Waals surface area contributed by atoms with E-state index < -0.39 is 0 Å². The normalized spacial score (nSPS) is 19.6. The molecule has 2 aromatic heterocycles. The number of pyridine rings is 1. The molecular formula is C22H29N3O2S. The number of nitrogen functional groups attached to an aromatic ring is 1. The molecule has 28 heavy (non-hydrogen) atoms. The van der Waals surface area contributed by atoms with Crippen molar-refractivity contribution in [2.75, 3.05) is 10.6 Å². The fraction of sp³-hybridized carbons (Fsp3) is 0.500. The zero-order chi connectivity index (χ0) is 20.4. The maximum absolute atomic E-state index is 13.3. The van der Waals surface area contributed by atoms with E-state index in [1.165, 1.54) is 11.3 Å². The van der Waals surface area contributed by atoms with E-state index in [9.17, 15) is 9.59 Å². The predicted molar refractivity (Wildman–Crippen MR) is 116 cm³/mol. The number of aryl methyl sites for hydroxylation is 1. The Morgan fingerprint density at radius 3 is 2.54 bits per heavy atom. The fourth-order valence-electron chi connectivity index (χ4n) is 3.89. The monoisotopic (exact) mass is 399 g/mol. The van der Waals surface area contributed by atoms with Gasteiger partial charge in [-0.25, -0.2) is 4.98 Å². The van der Waals surface area contributed by atoms with E-state index in [1.54, 1.807) is 6.20 Å². The summed E-state index contributed by atoms with van der Waals surface area (Å²) in [5, 5.41) is 0. The number of anilines is 2. The number of carbonyl (C=O) groups excluding carboxylic acids is 2. The Morgan fingerprint density at radius 1 is 1.29 bits per heavy atom. The molecule has 1 aliphatic carbocycles. The van der Waals surface area contributed by atoms with Gasteiger partial charge in [-0.3, -0.25) is 9.59 Å².